The number of hydrogen-bond acceptors (Lipinski definition) is 3. The van der Waals surface area contributed by atoms with Crippen molar-refractivity contribution in [2.45, 2.75) is 39.7 Å². The van der Waals surface area contributed by atoms with Gasteiger partial charge in [-0.3, -0.25) is 9.89 Å². The van der Waals surface area contributed by atoms with E-state index in [4.69, 9.17) is 5.73 Å². The first-order valence-electron chi connectivity index (χ1n) is 5.63. The van der Waals surface area contributed by atoms with E-state index in [0.717, 1.165) is 12.0 Å². The molecule has 0 unspecified atom stereocenters. The van der Waals surface area contributed by atoms with Crippen molar-refractivity contribution >= 4 is 11.7 Å². The summed E-state index contributed by atoms with van der Waals surface area (Å²) in [5.74, 6) is 0.910. The molecule has 1 aromatic heterocycles. The van der Waals surface area contributed by atoms with Gasteiger partial charge in [-0.05, 0) is 18.8 Å². The molecule has 1 aromatic rings. The Morgan fingerprint density at radius 1 is 1.62 bits per heavy atom. The molecule has 0 aromatic carbocycles. The van der Waals surface area contributed by atoms with E-state index in [9.17, 15) is 4.79 Å². The number of nitrogens with zero attached hydrogens (tertiary/aromatic N) is 1. The lowest BCUT2D eigenvalue weighted by atomic mass is 10.0. The summed E-state index contributed by atoms with van der Waals surface area (Å²) in [6.07, 6.45) is 3.22. The van der Waals surface area contributed by atoms with Crippen molar-refractivity contribution in [2.75, 3.05) is 5.32 Å². The zero-order valence-electron chi connectivity index (χ0n) is 10.1. The zero-order chi connectivity index (χ0) is 12.1. The standard InChI is InChI=1S/C11H20N4O/c1-4-8-6-13-15-10(8)14-11(16)9(12)5-7(2)3/h6-7,9H,4-5,12H2,1-3H3,(H2,13,14,15,16)/t9-/m0/s1. The fourth-order valence-corrected chi connectivity index (χ4v) is 1.52. The van der Waals surface area contributed by atoms with Gasteiger partial charge in [-0.2, -0.15) is 5.10 Å². The molecular weight excluding hydrogens is 204 g/mol. The number of aromatic nitrogens is 2. The molecule has 0 saturated carbocycles. The third-order valence-corrected chi connectivity index (χ3v) is 2.41. The third-order valence-electron chi connectivity index (χ3n) is 2.41. The average molecular weight is 224 g/mol. The van der Waals surface area contributed by atoms with Gasteiger partial charge in [-0.15, -0.1) is 0 Å². The van der Waals surface area contributed by atoms with Gasteiger partial charge in [0.1, 0.15) is 5.82 Å². The van der Waals surface area contributed by atoms with E-state index < -0.39 is 6.04 Å². The lowest BCUT2D eigenvalue weighted by molar-refractivity contribution is -0.117. The first-order chi connectivity index (χ1) is 7.54. The van der Waals surface area contributed by atoms with Crippen LogP contribution in [-0.2, 0) is 11.2 Å². The van der Waals surface area contributed by atoms with Gasteiger partial charge in [0.25, 0.3) is 0 Å². The SMILES string of the molecule is CCc1cn[nH]c1NC(=O)[C@@H](N)CC(C)C. The molecule has 5 heteroatoms. The smallest absolute Gasteiger partial charge is 0.242 e. The van der Waals surface area contributed by atoms with Crippen LogP contribution in [0.1, 0.15) is 32.8 Å². The van der Waals surface area contributed by atoms with E-state index in [2.05, 4.69) is 15.5 Å². The van der Waals surface area contributed by atoms with Crippen molar-refractivity contribution < 1.29 is 4.79 Å². The Kier molecular flexibility index (Phi) is 4.49. The Labute approximate surface area is 95.8 Å². The van der Waals surface area contributed by atoms with E-state index in [-0.39, 0.29) is 5.91 Å². The summed E-state index contributed by atoms with van der Waals surface area (Å²) < 4.78 is 0. The minimum Gasteiger partial charge on any atom is -0.320 e. The minimum atomic E-state index is -0.465. The summed E-state index contributed by atoms with van der Waals surface area (Å²) in [7, 11) is 0. The van der Waals surface area contributed by atoms with Crippen LogP contribution in [0.15, 0.2) is 6.20 Å². The Morgan fingerprint density at radius 2 is 2.31 bits per heavy atom. The van der Waals surface area contributed by atoms with E-state index in [0.29, 0.717) is 18.2 Å². The van der Waals surface area contributed by atoms with Gasteiger partial charge < -0.3 is 11.1 Å². The molecule has 16 heavy (non-hydrogen) atoms. The molecule has 0 spiro atoms. The van der Waals surface area contributed by atoms with Crippen molar-refractivity contribution in [1.82, 2.24) is 10.2 Å². The van der Waals surface area contributed by atoms with Crippen molar-refractivity contribution in [3.63, 3.8) is 0 Å². The first kappa shape index (κ1) is 12.7. The number of aromatic amines is 1. The van der Waals surface area contributed by atoms with Crippen molar-refractivity contribution in [2.24, 2.45) is 11.7 Å². The summed E-state index contributed by atoms with van der Waals surface area (Å²) in [5, 5.41) is 9.41. The largest absolute Gasteiger partial charge is 0.320 e. The monoisotopic (exact) mass is 224 g/mol. The fourth-order valence-electron chi connectivity index (χ4n) is 1.52. The van der Waals surface area contributed by atoms with Gasteiger partial charge in [-0.1, -0.05) is 20.8 Å². The number of amides is 1. The summed E-state index contributed by atoms with van der Waals surface area (Å²) in [4.78, 5) is 11.7. The van der Waals surface area contributed by atoms with Crippen LogP contribution >= 0.6 is 0 Å². The number of H-pyrrole nitrogens is 1. The lowest BCUT2D eigenvalue weighted by Crippen LogP contribution is -2.36. The first-order valence-corrected chi connectivity index (χ1v) is 5.63. The van der Waals surface area contributed by atoms with Crippen LogP contribution in [0.2, 0.25) is 0 Å². The number of nitrogens with two attached hydrogens (primary N) is 1. The van der Waals surface area contributed by atoms with E-state index in [1.54, 1.807) is 6.20 Å². The third kappa shape index (κ3) is 3.34. The second-order valence-corrected chi connectivity index (χ2v) is 4.35. The normalized spacial score (nSPS) is 12.8. The Hall–Kier alpha value is -1.36. The van der Waals surface area contributed by atoms with Crippen LogP contribution in [0.5, 0.6) is 0 Å². The molecule has 1 atom stereocenters. The summed E-state index contributed by atoms with van der Waals surface area (Å²) in [6, 6.07) is -0.465. The second kappa shape index (κ2) is 5.65. The summed E-state index contributed by atoms with van der Waals surface area (Å²) in [5.41, 5.74) is 6.77. The van der Waals surface area contributed by atoms with Crippen LogP contribution in [0.25, 0.3) is 0 Å². The average Bonchev–Trinajstić information content (AvgIpc) is 2.64. The van der Waals surface area contributed by atoms with Gasteiger partial charge in [0.15, 0.2) is 0 Å². The highest BCUT2D eigenvalue weighted by Gasteiger charge is 2.16. The van der Waals surface area contributed by atoms with E-state index >= 15 is 0 Å². The zero-order valence-corrected chi connectivity index (χ0v) is 10.1. The number of hydrogen-bond donors (Lipinski definition) is 3. The number of rotatable bonds is 5. The molecule has 90 valence electrons. The molecule has 0 radical (unpaired) electrons. The van der Waals surface area contributed by atoms with Gasteiger partial charge in [0.05, 0.1) is 12.2 Å². The number of carbonyl (C=O) groups excluding carboxylic acids is 1. The highest BCUT2D eigenvalue weighted by Crippen LogP contribution is 2.12. The quantitative estimate of drug-likeness (QED) is 0.704. The van der Waals surface area contributed by atoms with Gasteiger partial charge in [0, 0.05) is 5.56 Å². The fraction of sp³-hybridized carbons (Fsp3) is 0.636. The van der Waals surface area contributed by atoms with Crippen LogP contribution in [0.3, 0.4) is 0 Å². The van der Waals surface area contributed by atoms with Gasteiger partial charge in [0.2, 0.25) is 5.91 Å². The van der Waals surface area contributed by atoms with Crippen LogP contribution in [-0.4, -0.2) is 22.1 Å². The van der Waals surface area contributed by atoms with Crippen molar-refractivity contribution in [1.29, 1.82) is 0 Å². The topological polar surface area (TPSA) is 83.8 Å². The number of anilines is 1. The maximum Gasteiger partial charge on any atom is 0.242 e. The second-order valence-electron chi connectivity index (χ2n) is 4.35. The maximum atomic E-state index is 11.7. The minimum absolute atomic E-state index is 0.160. The molecule has 0 aliphatic heterocycles. The molecule has 0 aliphatic carbocycles. The van der Waals surface area contributed by atoms with E-state index in [1.807, 2.05) is 20.8 Å². The highest BCUT2D eigenvalue weighted by molar-refractivity contribution is 5.94. The maximum absolute atomic E-state index is 11.7. The molecule has 1 amide bonds. The number of aryl methyl sites for hydroxylation is 1. The molecule has 0 fully saturated rings. The number of carbonyl (C=O) groups is 1. The van der Waals surface area contributed by atoms with Crippen molar-refractivity contribution in [3.05, 3.63) is 11.8 Å². The molecule has 0 saturated heterocycles. The molecular formula is C11H20N4O. The van der Waals surface area contributed by atoms with E-state index in [1.165, 1.54) is 0 Å². The van der Waals surface area contributed by atoms with Crippen LogP contribution < -0.4 is 11.1 Å². The molecule has 0 aliphatic rings. The molecule has 1 rings (SSSR count). The Bertz CT molecular complexity index is 346. The number of nitrogens with one attached hydrogen (secondary N) is 2. The van der Waals surface area contributed by atoms with Gasteiger partial charge >= 0.3 is 0 Å². The van der Waals surface area contributed by atoms with Crippen LogP contribution in [0.4, 0.5) is 5.82 Å². The summed E-state index contributed by atoms with van der Waals surface area (Å²) >= 11 is 0. The Balaban J connectivity index is 2.57. The summed E-state index contributed by atoms with van der Waals surface area (Å²) in [6.45, 7) is 6.09. The molecule has 4 N–H and O–H groups in total. The highest BCUT2D eigenvalue weighted by atomic mass is 16.2. The van der Waals surface area contributed by atoms with Crippen molar-refractivity contribution in [3.8, 4) is 0 Å². The lowest BCUT2D eigenvalue weighted by Gasteiger charge is -2.13. The Morgan fingerprint density at radius 3 is 2.88 bits per heavy atom. The molecule has 0 bridgehead atoms. The predicted octanol–water partition coefficient (Wildman–Crippen LogP) is 1.28. The van der Waals surface area contributed by atoms with Crippen LogP contribution in [0, 0.1) is 5.92 Å². The molecule has 1 heterocycles. The predicted molar refractivity (Wildman–Crippen MR) is 64.0 cm³/mol. The van der Waals surface area contributed by atoms with Gasteiger partial charge in [-0.25, -0.2) is 0 Å². The molecule has 5 nitrogen and oxygen atoms in total.